The summed E-state index contributed by atoms with van der Waals surface area (Å²) in [6.45, 7) is 3.73. The standard InChI is InChI=1S/C28H39NO6S/c1-32-15-4-13-29-14-16-34-28-12-5-21(18-26(28)29)19-35-27-11-6-22(20-36(3,30)31)17-25(27)23-7-9-24(33-2)10-8-23/h5,7-10,12,18,22,25,27H,4,6,11,13-17,19-20H2,1-3H3/t22-,25+,27-/m0/s1. The number of hydrogen-bond donors (Lipinski definition) is 0. The Kier molecular flexibility index (Phi) is 9.14. The summed E-state index contributed by atoms with van der Waals surface area (Å²) >= 11 is 0. The Balaban J connectivity index is 1.47. The SMILES string of the molecule is COCCCN1CCOc2ccc(CO[C@H]3CC[C@H](CS(C)(=O)=O)C[C@@H]3c3ccc(OC)cc3)cc21. The molecule has 0 unspecified atom stereocenters. The Hall–Kier alpha value is -2.29. The van der Waals surface area contributed by atoms with Gasteiger partial charge >= 0.3 is 0 Å². The van der Waals surface area contributed by atoms with E-state index < -0.39 is 9.84 Å². The van der Waals surface area contributed by atoms with Crippen molar-refractivity contribution in [2.24, 2.45) is 5.92 Å². The van der Waals surface area contributed by atoms with Crippen LogP contribution in [0.25, 0.3) is 0 Å². The summed E-state index contributed by atoms with van der Waals surface area (Å²) in [6.07, 6.45) is 4.83. The molecule has 0 saturated heterocycles. The first-order chi connectivity index (χ1) is 17.4. The number of nitrogens with zero attached hydrogens (tertiary/aromatic N) is 1. The van der Waals surface area contributed by atoms with Crippen molar-refractivity contribution in [3.05, 3.63) is 53.6 Å². The quantitative estimate of drug-likeness (QED) is 0.408. The molecule has 4 rings (SSSR count). The molecular formula is C28H39NO6S. The van der Waals surface area contributed by atoms with Crippen molar-refractivity contribution in [1.29, 1.82) is 0 Å². The molecule has 1 heterocycles. The zero-order valence-electron chi connectivity index (χ0n) is 21.6. The second-order valence-corrected chi connectivity index (χ2v) is 12.2. The Morgan fingerprint density at radius 3 is 2.61 bits per heavy atom. The zero-order chi connectivity index (χ0) is 25.5. The van der Waals surface area contributed by atoms with Crippen molar-refractivity contribution in [3.8, 4) is 11.5 Å². The topological polar surface area (TPSA) is 74.3 Å². The minimum absolute atomic E-state index is 0.0271. The van der Waals surface area contributed by atoms with E-state index in [4.69, 9.17) is 18.9 Å². The van der Waals surface area contributed by atoms with Gasteiger partial charge in [-0.1, -0.05) is 18.2 Å². The lowest BCUT2D eigenvalue weighted by atomic mass is 9.76. The molecule has 0 bridgehead atoms. The minimum Gasteiger partial charge on any atom is -0.497 e. The van der Waals surface area contributed by atoms with Crippen LogP contribution in [0, 0.1) is 5.92 Å². The average molecular weight is 518 g/mol. The normalized spacial score (nSPS) is 22.1. The maximum absolute atomic E-state index is 12.0. The average Bonchev–Trinajstić information content (AvgIpc) is 2.87. The minimum atomic E-state index is -3.02. The lowest BCUT2D eigenvalue weighted by Crippen LogP contribution is -2.34. The maximum Gasteiger partial charge on any atom is 0.147 e. The molecule has 36 heavy (non-hydrogen) atoms. The van der Waals surface area contributed by atoms with Gasteiger partial charge in [-0.05, 0) is 67.0 Å². The van der Waals surface area contributed by atoms with Gasteiger partial charge in [0.1, 0.15) is 27.9 Å². The van der Waals surface area contributed by atoms with Crippen molar-refractivity contribution in [1.82, 2.24) is 0 Å². The highest BCUT2D eigenvalue weighted by Gasteiger charge is 2.34. The van der Waals surface area contributed by atoms with E-state index in [9.17, 15) is 8.42 Å². The fraction of sp³-hybridized carbons (Fsp3) is 0.571. The number of ether oxygens (including phenoxy) is 4. The monoisotopic (exact) mass is 517 g/mol. The van der Waals surface area contributed by atoms with Crippen LogP contribution in [0.2, 0.25) is 0 Å². The van der Waals surface area contributed by atoms with Crippen molar-refractivity contribution in [3.63, 3.8) is 0 Å². The number of hydrogen-bond acceptors (Lipinski definition) is 7. The number of methoxy groups -OCH3 is 2. The molecular weight excluding hydrogens is 478 g/mol. The summed E-state index contributed by atoms with van der Waals surface area (Å²) in [5.41, 5.74) is 3.40. The predicted molar refractivity (Wildman–Crippen MR) is 142 cm³/mol. The van der Waals surface area contributed by atoms with E-state index in [0.717, 1.165) is 68.1 Å². The Labute approximate surface area is 215 Å². The number of rotatable bonds is 11. The Morgan fingerprint density at radius 1 is 1.08 bits per heavy atom. The molecule has 3 atom stereocenters. The van der Waals surface area contributed by atoms with Crippen molar-refractivity contribution < 1.29 is 27.4 Å². The Morgan fingerprint density at radius 2 is 1.89 bits per heavy atom. The van der Waals surface area contributed by atoms with Crippen LogP contribution in [0.4, 0.5) is 5.69 Å². The molecule has 1 aliphatic carbocycles. The van der Waals surface area contributed by atoms with Gasteiger partial charge in [0, 0.05) is 32.4 Å². The highest BCUT2D eigenvalue weighted by molar-refractivity contribution is 7.90. The van der Waals surface area contributed by atoms with Crippen LogP contribution in [0.15, 0.2) is 42.5 Å². The van der Waals surface area contributed by atoms with Crippen LogP contribution in [0.5, 0.6) is 11.5 Å². The van der Waals surface area contributed by atoms with Crippen molar-refractivity contribution >= 4 is 15.5 Å². The van der Waals surface area contributed by atoms with Gasteiger partial charge in [0.05, 0.1) is 37.8 Å². The van der Waals surface area contributed by atoms with E-state index in [1.54, 1.807) is 14.2 Å². The van der Waals surface area contributed by atoms with Gasteiger partial charge in [-0.25, -0.2) is 8.42 Å². The smallest absolute Gasteiger partial charge is 0.147 e. The van der Waals surface area contributed by atoms with Gasteiger partial charge < -0.3 is 23.8 Å². The van der Waals surface area contributed by atoms with Gasteiger partial charge in [-0.3, -0.25) is 0 Å². The molecule has 2 aliphatic rings. The zero-order valence-corrected chi connectivity index (χ0v) is 22.5. The lowest BCUT2D eigenvalue weighted by Gasteiger charge is -2.36. The van der Waals surface area contributed by atoms with Crippen LogP contribution in [-0.4, -0.2) is 67.1 Å². The molecule has 1 aliphatic heterocycles. The molecule has 2 aromatic carbocycles. The van der Waals surface area contributed by atoms with E-state index in [1.807, 2.05) is 18.2 Å². The number of anilines is 1. The summed E-state index contributed by atoms with van der Waals surface area (Å²) < 4.78 is 46.9. The molecule has 8 heteroatoms. The Bertz CT molecular complexity index is 1090. The summed E-state index contributed by atoms with van der Waals surface area (Å²) in [4.78, 5) is 2.36. The third-order valence-corrected chi connectivity index (χ3v) is 8.28. The summed E-state index contributed by atoms with van der Waals surface area (Å²) in [6, 6.07) is 14.4. The highest BCUT2D eigenvalue weighted by atomic mass is 32.2. The molecule has 7 nitrogen and oxygen atoms in total. The number of sulfone groups is 1. The van der Waals surface area contributed by atoms with Crippen LogP contribution in [0.1, 0.15) is 42.7 Å². The largest absolute Gasteiger partial charge is 0.497 e. The molecule has 0 aromatic heterocycles. The fourth-order valence-electron chi connectivity index (χ4n) is 5.45. The first kappa shape index (κ1) is 26.8. The molecule has 0 amide bonds. The number of fused-ring (bicyclic) bond motifs is 1. The predicted octanol–water partition coefficient (Wildman–Crippen LogP) is 4.44. The second-order valence-electron chi connectivity index (χ2n) is 9.98. The van der Waals surface area contributed by atoms with Crippen LogP contribution >= 0.6 is 0 Å². The fourth-order valence-corrected chi connectivity index (χ4v) is 6.61. The summed E-state index contributed by atoms with van der Waals surface area (Å²) in [5.74, 6) is 2.25. The first-order valence-electron chi connectivity index (χ1n) is 12.8. The molecule has 0 radical (unpaired) electrons. The van der Waals surface area contributed by atoms with Crippen LogP contribution in [0.3, 0.4) is 0 Å². The first-order valence-corrected chi connectivity index (χ1v) is 14.8. The van der Waals surface area contributed by atoms with Gasteiger partial charge in [0.15, 0.2) is 0 Å². The number of benzene rings is 2. The lowest BCUT2D eigenvalue weighted by molar-refractivity contribution is -0.00650. The van der Waals surface area contributed by atoms with Gasteiger partial charge in [0.25, 0.3) is 0 Å². The summed E-state index contributed by atoms with van der Waals surface area (Å²) in [5, 5.41) is 0. The van der Waals surface area contributed by atoms with Crippen LogP contribution in [-0.2, 0) is 25.9 Å². The second kappa shape index (κ2) is 12.3. The summed E-state index contributed by atoms with van der Waals surface area (Å²) in [7, 11) is 0.371. The van der Waals surface area contributed by atoms with Crippen molar-refractivity contribution in [2.75, 3.05) is 57.4 Å². The molecule has 0 spiro atoms. The molecule has 1 saturated carbocycles. The van der Waals surface area contributed by atoms with E-state index >= 15 is 0 Å². The third kappa shape index (κ3) is 7.14. The van der Waals surface area contributed by atoms with Gasteiger partial charge in [0.2, 0.25) is 0 Å². The van der Waals surface area contributed by atoms with E-state index in [1.165, 1.54) is 11.8 Å². The van der Waals surface area contributed by atoms with E-state index in [-0.39, 0.29) is 23.7 Å². The molecule has 1 fully saturated rings. The van der Waals surface area contributed by atoms with Crippen molar-refractivity contribution in [2.45, 2.75) is 44.3 Å². The van der Waals surface area contributed by atoms with Gasteiger partial charge in [-0.15, -0.1) is 0 Å². The molecule has 0 N–H and O–H groups in total. The highest BCUT2D eigenvalue weighted by Crippen LogP contribution is 2.40. The third-order valence-electron chi connectivity index (χ3n) is 7.20. The maximum atomic E-state index is 12.0. The molecule has 2 aromatic rings. The van der Waals surface area contributed by atoms with E-state index in [0.29, 0.717) is 13.2 Å². The van der Waals surface area contributed by atoms with Crippen LogP contribution < -0.4 is 14.4 Å². The van der Waals surface area contributed by atoms with E-state index in [2.05, 4.69) is 29.2 Å². The molecule has 198 valence electrons. The van der Waals surface area contributed by atoms with Gasteiger partial charge in [-0.2, -0.15) is 0 Å².